The molecule has 1 amide bonds. The molecule has 0 saturated carbocycles. The van der Waals surface area contributed by atoms with E-state index >= 15 is 0 Å². The summed E-state index contributed by atoms with van der Waals surface area (Å²) in [6, 6.07) is 17.7. The first-order valence-electron chi connectivity index (χ1n) is 10.1. The second kappa shape index (κ2) is 10.1. The molecule has 3 rings (SSSR count). The molecule has 0 aromatic heterocycles. The van der Waals surface area contributed by atoms with Gasteiger partial charge in [0.05, 0.1) is 12.6 Å². The van der Waals surface area contributed by atoms with Crippen LogP contribution >= 0.6 is 11.6 Å². The first kappa shape index (κ1) is 21.6. The Bertz CT molecular complexity index is 840. The van der Waals surface area contributed by atoms with Crippen LogP contribution in [0.1, 0.15) is 36.9 Å². The largest absolute Gasteiger partial charge is 0.394 e. The van der Waals surface area contributed by atoms with Gasteiger partial charge >= 0.3 is 0 Å². The van der Waals surface area contributed by atoms with Crippen molar-refractivity contribution in [3.63, 3.8) is 0 Å². The topological polar surface area (TPSA) is 43.8 Å². The zero-order valence-corrected chi connectivity index (χ0v) is 17.7. The summed E-state index contributed by atoms with van der Waals surface area (Å²) in [6.07, 6.45) is 2.09. The number of halogens is 1. The van der Waals surface area contributed by atoms with Crippen LogP contribution in [0.4, 0.5) is 0 Å². The highest BCUT2D eigenvalue weighted by atomic mass is 35.5. The monoisotopic (exact) mass is 412 g/mol. The lowest BCUT2D eigenvalue weighted by Crippen LogP contribution is -2.42. The van der Waals surface area contributed by atoms with Gasteiger partial charge in [-0.1, -0.05) is 66.7 Å². The summed E-state index contributed by atoms with van der Waals surface area (Å²) in [6.45, 7) is 7.74. The Morgan fingerprint density at radius 3 is 2.62 bits per heavy atom. The lowest BCUT2D eigenvalue weighted by Gasteiger charge is -2.31. The molecule has 154 valence electrons. The molecule has 29 heavy (non-hydrogen) atoms. The Balaban J connectivity index is 1.72. The number of amides is 1. The van der Waals surface area contributed by atoms with Crippen LogP contribution in [-0.2, 0) is 11.3 Å². The van der Waals surface area contributed by atoms with Gasteiger partial charge in [0, 0.05) is 29.7 Å². The van der Waals surface area contributed by atoms with Crippen LogP contribution in [0.3, 0.4) is 0 Å². The summed E-state index contributed by atoms with van der Waals surface area (Å²) in [7, 11) is 0. The van der Waals surface area contributed by atoms with E-state index in [1.807, 2.05) is 55.5 Å². The van der Waals surface area contributed by atoms with E-state index in [-0.39, 0.29) is 24.6 Å². The number of rotatable bonds is 8. The molecule has 0 aliphatic carbocycles. The fourth-order valence-corrected chi connectivity index (χ4v) is 4.20. The molecular weight excluding hydrogens is 384 g/mol. The Hall–Kier alpha value is -2.14. The number of nitrogens with zero attached hydrogens (tertiary/aromatic N) is 2. The summed E-state index contributed by atoms with van der Waals surface area (Å²) < 4.78 is 0. The molecule has 2 aromatic rings. The molecule has 1 fully saturated rings. The molecule has 0 spiro atoms. The second-order valence-corrected chi connectivity index (χ2v) is 8.11. The Labute approximate surface area is 178 Å². The van der Waals surface area contributed by atoms with Gasteiger partial charge in [-0.15, -0.1) is 0 Å². The van der Waals surface area contributed by atoms with E-state index in [0.29, 0.717) is 18.7 Å². The van der Waals surface area contributed by atoms with E-state index in [1.165, 1.54) is 0 Å². The zero-order valence-electron chi connectivity index (χ0n) is 16.9. The van der Waals surface area contributed by atoms with E-state index in [1.54, 1.807) is 4.90 Å². The van der Waals surface area contributed by atoms with Crippen molar-refractivity contribution in [3.05, 3.63) is 82.9 Å². The minimum Gasteiger partial charge on any atom is -0.394 e. The van der Waals surface area contributed by atoms with E-state index in [9.17, 15) is 9.90 Å². The first-order valence-corrected chi connectivity index (χ1v) is 10.5. The minimum absolute atomic E-state index is 0.0855. The SMILES string of the molecule is C=C(CN1CCCC1c1ccccc1Cl)C(=O)N(Cc1ccccc1)C(C)CO. The van der Waals surface area contributed by atoms with Crippen LogP contribution in [-0.4, -0.2) is 46.6 Å². The van der Waals surface area contributed by atoms with Crippen molar-refractivity contribution >= 4 is 17.5 Å². The maximum atomic E-state index is 13.2. The number of likely N-dealkylation sites (tertiary alicyclic amines) is 1. The maximum absolute atomic E-state index is 13.2. The standard InChI is InChI=1S/C24H29ClN2O2/c1-18(15-26-14-8-13-23(26)21-11-6-7-12-22(21)25)24(29)27(19(2)17-28)16-20-9-4-3-5-10-20/h3-7,9-12,19,23,28H,1,8,13-17H2,2H3. The fourth-order valence-electron chi connectivity index (χ4n) is 3.94. The van der Waals surface area contributed by atoms with Crippen molar-refractivity contribution in [2.45, 2.75) is 38.4 Å². The van der Waals surface area contributed by atoms with Gasteiger partial charge in [-0.25, -0.2) is 0 Å². The lowest BCUT2D eigenvalue weighted by atomic mass is 10.0. The zero-order chi connectivity index (χ0) is 20.8. The van der Waals surface area contributed by atoms with Gasteiger partial charge in [-0.3, -0.25) is 9.69 Å². The summed E-state index contributed by atoms with van der Waals surface area (Å²) >= 11 is 6.42. The molecule has 1 N–H and O–H groups in total. The number of aliphatic hydroxyl groups is 1. The maximum Gasteiger partial charge on any atom is 0.251 e. The summed E-state index contributed by atoms with van der Waals surface area (Å²) in [5.74, 6) is -0.111. The highest BCUT2D eigenvalue weighted by Crippen LogP contribution is 2.36. The Kier molecular flexibility index (Phi) is 7.48. The lowest BCUT2D eigenvalue weighted by molar-refractivity contribution is -0.130. The van der Waals surface area contributed by atoms with Crippen LogP contribution in [0.2, 0.25) is 5.02 Å². The van der Waals surface area contributed by atoms with Gasteiger partial charge in [0.25, 0.3) is 5.91 Å². The molecule has 2 atom stereocenters. The molecule has 2 unspecified atom stereocenters. The summed E-state index contributed by atoms with van der Waals surface area (Å²) in [4.78, 5) is 17.2. The van der Waals surface area contributed by atoms with Gasteiger partial charge in [0.1, 0.15) is 0 Å². The van der Waals surface area contributed by atoms with E-state index in [2.05, 4.69) is 17.5 Å². The van der Waals surface area contributed by atoms with Crippen molar-refractivity contribution in [1.82, 2.24) is 9.80 Å². The molecule has 5 heteroatoms. The molecule has 0 bridgehead atoms. The second-order valence-electron chi connectivity index (χ2n) is 7.70. The van der Waals surface area contributed by atoms with Crippen LogP contribution in [0.5, 0.6) is 0 Å². The average molecular weight is 413 g/mol. The number of hydrogen-bond donors (Lipinski definition) is 1. The molecule has 2 aromatic carbocycles. The number of benzene rings is 2. The number of carbonyl (C=O) groups is 1. The van der Waals surface area contributed by atoms with Gasteiger partial charge in [-0.2, -0.15) is 0 Å². The van der Waals surface area contributed by atoms with E-state index < -0.39 is 0 Å². The summed E-state index contributed by atoms with van der Waals surface area (Å²) in [5, 5.41) is 10.4. The number of carbonyl (C=O) groups excluding carboxylic acids is 1. The van der Waals surface area contributed by atoms with Gasteiger partial charge in [0.2, 0.25) is 0 Å². The van der Waals surface area contributed by atoms with Crippen molar-refractivity contribution in [3.8, 4) is 0 Å². The van der Waals surface area contributed by atoms with Crippen molar-refractivity contribution < 1.29 is 9.90 Å². The third kappa shape index (κ3) is 5.27. The molecular formula is C24H29ClN2O2. The highest BCUT2D eigenvalue weighted by Gasteiger charge is 2.30. The Morgan fingerprint density at radius 1 is 1.24 bits per heavy atom. The quantitative estimate of drug-likeness (QED) is 0.652. The van der Waals surface area contributed by atoms with Crippen LogP contribution < -0.4 is 0 Å². The van der Waals surface area contributed by atoms with Crippen LogP contribution in [0, 0.1) is 0 Å². The number of hydrogen-bond acceptors (Lipinski definition) is 3. The average Bonchev–Trinajstić information content (AvgIpc) is 3.19. The molecule has 1 saturated heterocycles. The van der Waals surface area contributed by atoms with Gasteiger partial charge < -0.3 is 10.0 Å². The third-order valence-corrected chi connectivity index (χ3v) is 5.92. The summed E-state index contributed by atoms with van der Waals surface area (Å²) in [5.41, 5.74) is 2.68. The first-order chi connectivity index (χ1) is 14.0. The fraction of sp³-hybridized carbons (Fsp3) is 0.375. The Morgan fingerprint density at radius 2 is 1.93 bits per heavy atom. The number of aliphatic hydroxyl groups excluding tert-OH is 1. The van der Waals surface area contributed by atoms with Crippen LogP contribution in [0.15, 0.2) is 66.7 Å². The van der Waals surface area contributed by atoms with Crippen molar-refractivity contribution in [2.75, 3.05) is 19.7 Å². The minimum atomic E-state index is -0.280. The molecule has 4 nitrogen and oxygen atoms in total. The molecule has 1 heterocycles. The predicted molar refractivity (Wildman–Crippen MR) is 118 cm³/mol. The normalized spacial score (nSPS) is 17.8. The van der Waals surface area contributed by atoms with E-state index in [4.69, 9.17) is 11.6 Å². The predicted octanol–water partition coefficient (Wildman–Crippen LogP) is 4.44. The smallest absolute Gasteiger partial charge is 0.251 e. The van der Waals surface area contributed by atoms with Gasteiger partial charge in [-0.05, 0) is 43.5 Å². The van der Waals surface area contributed by atoms with Crippen molar-refractivity contribution in [2.24, 2.45) is 0 Å². The van der Waals surface area contributed by atoms with Crippen molar-refractivity contribution in [1.29, 1.82) is 0 Å². The molecule has 1 aliphatic heterocycles. The molecule has 0 radical (unpaired) electrons. The molecule has 1 aliphatic rings. The van der Waals surface area contributed by atoms with E-state index in [0.717, 1.165) is 35.5 Å². The highest BCUT2D eigenvalue weighted by molar-refractivity contribution is 6.31. The third-order valence-electron chi connectivity index (χ3n) is 5.58. The van der Waals surface area contributed by atoms with Gasteiger partial charge in [0.15, 0.2) is 0 Å². The van der Waals surface area contributed by atoms with Crippen LogP contribution in [0.25, 0.3) is 0 Å².